The normalized spacial score (nSPS) is 13.9. The summed E-state index contributed by atoms with van der Waals surface area (Å²) in [5, 5.41) is 3.84. The lowest BCUT2D eigenvalue weighted by atomic mass is 9.81. The smallest absolute Gasteiger partial charge is 0.248 e. The number of unbranched alkanes of at least 4 members (excludes halogenated alkanes) is 5. The van der Waals surface area contributed by atoms with Gasteiger partial charge < -0.3 is 16.5 Å². The summed E-state index contributed by atoms with van der Waals surface area (Å²) in [6, 6.07) is 15.0. The summed E-state index contributed by atoms with van der Waals surface area (Å²) >= 11 is 1.60. The Labute approximate surface area is 237 Å². The van der Waals surface area contributed by atoms with Crippen LogP contribution in [0.4, 0.5) is 5.69 Å². The predicted molar refractivity (Wildman–Crippen MR) is 163 cm³/mol. The molecule has 39 heavy (non-hydrogen) atoms. The van der Waals surface area contributed by atoms with E-state index in [2.05, 4.69) is 16.2 Å². The highest BCUT2D eigenvalue weighted by Gasteiger charge is 2.16. The monoisotopic (exact) mass is 549 g/mol. The summed E-state index contributed by atoms with van der Waals surface area (Å²) in [5.74, 6) is 6.83. The Kier molecular flexibility index (Phi) is 13.1. The molecular weight excluding hydrogens is 506 g/mol. The molecular formula is C31H43N5O2S. The van der Waals surface area contributed by atoms with E-state index in [0.717, 1.165) is 29.2 Å². The van der Waals surface area contributed by atoms with Crippen molar-refractivity contribution >= 4 is 41.2 Å². The Balaban J connectivity index is 1.36. The summed E-state index contributed by atoms with van der Waals surface area (Å²) < 4.78 is 0. The van der Waals surface area contributed by atoms with Crippen molar-refractivity contribution in [1.82, 2.24) is 4.90 Å². The molecule has 0 aliphatic heterocycles. The number of hydrogen-bond acceptors (Lipinski definition) is 6. The molecule has 3 rings (SSSR count). The van der Waals surface area contributed by atoms with Crippen LogP contribution < -0.4 is 11.6 Å². The lowest BCUT2D eigenvalue weighted by Crippen LogP contribution is -2.25. The number of hydrazone groups is 1. The van der Waals surface area contributed by atoms with Gasteiger partial charge >= 0.3 is 0 Å². The predicted octanol–water partition coefficient (Wildman–Crippen LogP) is 6.47. The summed E-state index contributed by atoms with van der Waals surface area (Å²) in [6.45, 7) is 0.587. The van der Waals surface area contributed by atoms with Crippen molar-refractivity contribution in [1.29, 1.82) is 0 Å². The van der Waals surface area contributed by atoms with Crippen molar-refractivity contribution < 1.29 is 9.59 Å². The standard InChI is InChI=1S/C31H43N5O2S/c1-36(30(37)18-7-5-3-2-4-6-11-24-12-8-13-24)22-25-14-9-17-29(19-25)39-23-28(35-33)21-34-27-16-10-15-26(20-27)31(32)38/h9-10,14-17,19-21,24H,2-8,11-13,18,22-23,33H2,1H3,(H2,32,38)/b34-21?,35-28+. The average molecular weight is 550 g/mol. The molecule has 2 aromatic carbocycles. The summed E-state index contributed by atoms with van der Waals surface area (Å²) in [6.07, 6.45) is 15.3. The minimum Gasteiger partial charge on any atom is -0.366 e. The molecule has 1 saturated carbocycles. The number of thioether (sulfide) groups is 1. The summed E-state index contributed by atoms with van der Waals surface area (Å²) in [4.78, 5) is 31.3. The minimum absolute atomic E-state index is 0.201. The van der Waals surface area contributed by atoms with Crippen LogP contribution in [0.2, 0.25) is 0 Å². The van der Waals surface area contributed by atoms with Crippen LogP contribution in [0.3, 0.4) is 0 Å². The zero-order valence-corrected chi connectivity index (χ0v) is 24.0. The molecule has 0 radical (unpaired) electrons. The molecule has 2 amide bonds. The number of amides is 2. The zero-order valence-electron chi connectivity index (χ0n) is 23.2. The van der Waals surface area contributed by atoms with Gasteiger partial charge in [0, 0.05) is 36.2 Å². The maximum absolute atomic E-state index is 12.6. The second kappa shape index (κ2) is 16.7. The second-order valence-electron chi connectivity index (χ2n) is 10.4. The fourth-order valence-corrected chi connectivity index (χ4v) is 5.51. The number of carbonyl (C=O) groups excluding carboxylic acids is 2. The van der Waals surface area contributed by atoms with Crippen molar-refractivity contribution in [2.75, 3.05) is 12.8 Å². The largest absolute Gasteiger partial charge is 0.366 e. The lowest BCUT2D eigenvalue weighted by molar-refractivity contribution is -0.130. The van der Waals surface area contributed by atoms with E-state index in [0.29, 0.717) is 35.7 Å². The SMILES string of the molecule is CN(Cc1cccc(SC/C(C=Nc2cccc(C(N)=O)c2)=N/N)c1)C(=O)CCCCCCCCC1CCC1. The summed E-state index contributed by atoms with van der Waals surface area (Å²) in [7, 11) is 1.88. The Morgan fingerprint density at radius 3 is 2.49 bits per heavy atom. The number of aliphatic imine (C=N–C) groups is 1. The van der Waals surface area contributed by atoms with Gasteiger partial charge in [-0.1, -0.05) is 76.0 Å². The van der Waals surface area contributed by atoms with Crippen LogP contribution in [-0.2, 0) is 11.3 Å². The molecule has 7 nitrogen and oxygen atoms in total. The van der Waals surface area contributed by atoms with Crippen LogP contribution in [-0.4, -0.2) is 41.4 Å². The van der Waals surface area contributed by atoms with Crippen molar-refractivity contribution in [3.63, 3.8) is 0 Å². The third-order valence-corrected chi connectivity index (χ3v) is 8.29. The number of nitrogens with zero attached hydrogens (tertiary/aromatic N) is 3. The molecule has 210 valence electrons. The highest BCUT2D eigenvalue weighted by molar-refractivity contribution is 8.00. The molecule has 0 atom stereocenters. The van der Waals surface area contributed by atoms with Crippen molar-refractivity contribution in [3.8, 4) is 0 Å². The van der Waals surface area contributed by atoms with Gasteiger partial charge in [-0.25, -0.2) is 0 Å². The van der Waals surface area contributed by atoms with E-state index in [9.17, 15) is 9.59 Å². The number of rotatable bonds is 17. The fourth-order valence-electron chi connectivity index (χ4n) is 4.64. The highest BCUT2D eigenvalue weighted by atomic mass is 32.2. The van der Waals surface area contributed by atoms with Crippen LogP contribution in [0.1, 0.15) is 86.6 Å². The van der Waals surface area contributed by atoms with Crippen LogP contribution in [0.15, 0.2) is 63.5 Å². The lowest BCUT2D eigenvalue weighted by Gasteiger charge is -2.24. The van der Waals surface area contributed by atoms with Crippen molar-refractivity contribution in [2.24, 2.45) is 27.6 Å². The van der Waals surface area contributed by atoms with Crippen LogP contribution in [0.5, 0.6) is 0 Å². The van der Waals surface area contributed by atoms with E-state index in [1.54, 1.807) is 42.2 Å². The first-order chi connectivity index (χ1) is 18.9. The average Bonchev–Trinajstić information content (AvgIpc) is 2.91. The number of primary amides is 1. The van der Waals surface area contributed by atoms with Gasteiger partial charge in [0.2, 0.25) is 11.8 Å². The molecule has 0 spiro atoms. The third-order valence-electron chi connectivity index (χ3n) is 7.27. The molecule has 0 bridgehead atoms. The highest BCUT2D eigenvalue weighted by Crippen LogP contribution is 2.31. The van der Waals surface area contributed by atoms with E-state index in [-0.39, 0.29) is 5.91 Å². The van der Waals surface area contributed by atoms with Gasteiger partial charge in [0.1, 0.15) is 0 Å². The van der Waals surface area contributed by atoms with Crippen LogP contribution >= 0.6 is 11.8 Å². The maximum Gasteiger partial charge on any atom is 0.248 e. The Morgan fingerprint density at radius 1 is 1.03 bits per heavy atom. The Bertz CT molecular complexity index is 1130. The number of nitrogens with two attached hydrogens (primary N) is 2. The number of hydrogen-bond donors (Lipinski definition) is 2. The summed E-state index contributed by atoms with van der Waals surface area (Å²) in [5.41, 5.74) is 8.04. The number of carbonyl (C=O) groups is 2. The first-order valence-electron chi connectivity index (χ1n) is 14.1. The number of benzene rings is 2. The van der Waals surface area contributed by atoms with Gasteiger partial charge in [-0.2, -0.15) is 5.10 Å². The van der Waals surface area contributed by atoms with Gasteiger partial charge in [0.25, 0.3) is 0 Å². The van der Waals surface area contributed by atoms with Crippen molar-refractivity contribution in [3.05, 3.63) is 59.7 Å². The molecule has 1 aliphatic carbocycles. The molecule has 8 heteroatoms. The van der Waals surface area contributed by atoms with E-state index in [1.807, 2.05) is 30.1 Å². The van der Waals surface area contributed by atoms with E-state index in [1.165, 1.54) is 51.4 Å². The minimum atomic E-state index is -0.498. The molecule has 1 fully saturated rings. The third kappa shape index (κ3) is 11.2. The molecule has 0 saturated heterocycles. The molecule has 4 N–H and O–H groups in total. The molecule has 0 unspecified atom stereocenters. The van der Waals surface area contributed by atoms with Crippen molar-refractivity contribution in [2.45, 2.75) is 82.1 Å². The molecule has 1 aliphatic rings. The van der Waals surface area contributed by atoms with E-state index in [4.69, 9.17) is 11.6 Å². The Morgan fingerprint density at radius 2 is 1.77 bits per heavy atom. The molecule has 0 aromatic heterocycles. The van der Waals surface area contributed by atoms with Gasteiger partial charge in [-0.15, -0.1) is 11.8 Å². The topological polar surface area (TPSA) is 114 Å². The molecule has 0 heterocycles. The van der Waals surface area contributed by atoms with Gasteiger partial charge in [0.05, 0.1) is 17.6 Å². The van der Waals surface area contributed by atoms with E-state index >= 15 is 0 Å². The first-order valence-corrected chi connectivity index (χ1v) is 15.1. The van der Waals surface area contributed by atoms with Crippen LogP contribution in [0.25, 0.3) is 0 Å². The van der Waals surface area contributed by atoms with E-state index < -0.39 is 5.91 Å². The van der Waals surface area contributed by atoms with Crippen LogP contribution in [0, 0.1) is 5.92 Å². The first kappa shape index (κ1) is 30.4. The van der Waals surface area contributed by atoms with Gasteiger partial charge in [-0.3, -0.25) is 14.6 Å². The molecule has 2 aromatic rings. The maximum atomic E-state index is 12.6. The zero-order chi connectivity index (χ0) is 27.9. The van der Waals surface area contributed by atoms with Gasteiger partial charge in [0.15, 0.2) is 0 Å². The quantitative estimate of drug-likeness (QED) is 0.0773. The second-order valence-corrected chi connectivity index (χ2v) is 11.5. The van der Waals surface area contributed by atoms with Gasteiger partial charge in [-0.05, 0) is 48.2 Å². The fraction of sp³-hybridized carbons (Fsp3) is 0.484. The Hall–Kier alpha value is -3.13.